The number of hydrogen-bond acceptors (Lipinski definition) is 6. The first-order valence-electron chi connectivity index (χ1n) is 13.6. The van der Waals surface area contributed by atoms with Crippen molar-refractivity contribution in [2.24, 2.45) is 7.05 Å². The fourth-order valence-electron chi connectivity index (χ4n) is 5.55. The Kier molecular flexibility index (Phi) is 8.59. The minimum absolute atomic E-state index is 0.0242. The normalized spacial score (nSPS) is 15.0. The highest BCUT2D eigenvalue weighted by Gasteiger charge is 2.24. The molecule has 2 aromatic carbocycles. The summed E-state index contributed by atoms with van der Waals surface area (Å²) >= 11 is 12.6. The summed E-state index contributed by atoms with van der Waals surface area (Å²) in [4.78, 5) is 33.4. The molecule has 0 N–H and O–H groups in total. The molecule has 40 heavy (non-hydrogen) atoms. The maximum Gasteiger partial charge on any atom is 0.253 e. The van der Waals surface area contributed by atoms with Crippen LogP contribution < -0.4 is 4.90 Å². The van der Waals surface area contributed by atoms with Crippen LogP contribution in [0.15, 0.2) is 49.1 Å². The van der Waals surface area contributed by atoms with E-state index in [9.17, 15) is 4.79 Å². The Labute approximate surface area is 245 Å². The van der Waals surface area contributed by atoms with Crippen molar-refractivity contribution < 1.29 is 4.79 Å². The summed E-state index contributed by atoms with van der Waals surface area (Å²) in [5.41, 5.74) is 5.67. The highest BCUT2D eigenvalue weighted by atomic mass is 35.5. The van der Waals surface area contributed by atoms with Crippen LogP contribution in [0.5, 0.6) is 0 Å². The summed E-state index contributed by atoms with van der Waals surface area (Å²) in [7, 11) is 3.82. The van der Waals surface area contributed by atoms with Crippen LogP contribution in [0.3, 0.4) is 0 Å². The number of carbonyl (C=O) groups excluding carboxylic acids is 1. The molecule has 0 bridgehead atoms. The zero-order valence-corrected chi connectivity index (χ0v) is 25.0. The summed E-state index contributed by atoms with van der Waals surface area (Å²) in [5.74, 6) is 1.03. The Balaban J connectivity index is 1.26. The zero-order chi connectivity index (χ0) is 28.4. The first-order chi connectivity index (χ1) is 19.2. The molecule has 1 saturated heterocycles. The predicted octanol–water partition coefficient (Wildman–Crippen LogP) is 5.36. The molecular formula is C30H35Cl2N7O. The molecule has 1 fully saturated rings. The molecule has 1 atom stereocenters. The number of rotatable bonds is 8. The van der Waals surface area contributed by atoms with Gasteiger partial charge in [0.15, 0.2) is 17.0 Å². The van der Waals surface area contributed by atoms with Crippen LogP contribution in [-0.4, -0.2) is 81.5 Å². The number of aromatic nitrogens is 4. The Hall–Kier alpha value is -3.20. The second kappa shape index (κ2) is 12.1. The number of likely N-dealkylation sites (N-methyl/N-ethyl adjacent to an activating group) is 1. The molecule has 210 valence electrons. The second-order valence-corrected chi connectivity index (χ2v) is 11.6. The number of piperazine rings is 1. The molecule has 2 aromatic heterocycles. The topological polar surface area (TPSA) is 70.4 Å². The van der Waals surface area contributed by atoms with E-state index in [1.807, 2.05) is 67.7 Å². The van der Waals surface area contributed by atoms with Crippen LogP contribution in [0.25, 0.3) is 11.2 Å². The third-order valence-electron chi connectivity index (χ3n) is 7.67. The van der Waals surface area contributed by atoms with Crippen LogP contribution in [-0.2, 0) is 7.05 Å². The van der Waals surface area contributed by atoms with Gasteiger partial charge < -0.3 is 14.4 Å². The number of imidazole rings is 1. The van der Waals surface area contributed by atoms with Crippen LogP contribution in [0.1, 0.15) is 39.4 Å². The van der Waals surface area contributed by atoms with Crippen LogP contribution in [0, 0.1) is 13.8 Å². The van der Waals surface area contributed by atoms with Crippen molar-refractivity contribution in [3.63, 3.8) is 0 Å². The molecule has 0 saturated carbocycles. The number of halogens is 2. The third-order valence-corrected chi connectivity index (χ3v) is 8.41. The number of amides is 1. The van der Waals surface area contributed by atoms with Gasteiger partial charge in [0, 0.05) is 58.3 Å². The molecule has 10 heteroatoms. The van der Waals surface area contributed by atoms with Gasteiger partial charge in [-0.3, -0.25) is 9.69 Å². The maximum absolute atomic E-state index is 13.4. The number of carbonyl (C=O) groups is 1. The van der Waals surface area contributed by atoms with E-state index in [1.54, 1.807) is 12.7 Å². The van der Waals surface area contributed by atoms with Crippen LogP contribution in [0.4, 0.5) is 5.82 Å². The van der Waals surface area contributed by atoms with Crippen molar-refractivity contribution in [1.29, 1.82) is 0 Å². The lowest BCUT2D eigenvalue weighted by atomic mass is 9.94. The molecule has 8 nitrogen and oxygen atoms in total. The summed E-state index contributed by atoms with van der Waals surface area (Å²) < 4.78 is 1.92. The van der Waals surface area contributed by atoms with E-state index >= 15 is 0 Å². The zero-order valence-electron chi connectivity index (χ0n) is 23.4. The van der Waals surface area contributed by atoms with Gasteiger partial charge in [0.2, 0.25) is 0 Å². The quantitative estimate of drug-likeness (QED) is 0.280. The van der Waals surface area contributed by atoms with Gasteiger partial charge in [-0.1, -0.05) is 46.5 Å². The van der Waals surface area contributed by atoms with Gasteiger partial charge in [-0.2, -0.15) is 0 Å². The van der Waals surface area contributed by atoms with Crippen molar-refractivity contribution in [2.75, 3.05) is 51.2 Å². The van der Waals surface area contributed by atoms with E-state index in [1.165, 1.54) is 0 Å². The number of nitrogens with zero attached hydrogens (tertiary/aromatic N) is 7. The SMILES string of the molecule is Cc1cc(C)cc(C(=O)N(C)C[C@@H](CCN2CCN(c3ncnc4c3ncn4C)CC2)c2ccc(Cl)c(Cl)c2)c1. The molecule has 0 aliphatic carbocycles. The van der Waals surface area contributed by atoms with Gasteiger partial charge in [-0.15, -0.1) is 0 Å². The molecule has 0 radical (unpaired) electrons. The Morgan fingerprint density at radius 1 is 0.975 bits per heavy atom. The highest BCUT2D eigenvalue weighted by Crippen LogP contribution is 2.30. The van der Waals surface area contributed by atoms with Gasteiger partial charge in [-0.25, -0.2) is 15.0 Å². The molecule has 5 rings (SSSR count). The van der Waals surface area contributed by atoms with E-state index in [0.717, 1.165) is 78.4 Å². The highest BCUT2D eigenvalue weighted by molar-refractivity contribution is 6.42. The third kappa shape index (κ3) is 6.24. The fourth-order valence-corrected chi connectivity index (χ4v) is 5.85. The average molecular weight is 581 g/mol. The van der Waals surface area contributed by atoms with Gasteiger partial charge in [0.25, 0.3) is 5.91 Å². The van der Waals surface area contributed by atoms with Crippen molar-refractivity contribution in [2.45, 2.75) is 26.2 Å². The lowest BCUT2D eigenvalue weighted by molar-refractivity contribution is 0.0782. The number of fused-ring (bicyclic) bond motifs is 1. The number of anilines is 1. The molecule has 4 aromatic rings. The van der Waals surface area contributed by atoms with Gasteiger partial charge in [0.05, 0.1) is 16.4 Å². The van der Waals surface area contributed by atoms with Crippen molar-refractivity contribution in [1.82, 2.24) is 29.3 Å². The van der Waals surface area contributed by atoms with Gasteiger partial charge >= 0.3 is 0 Å². The predicted molar refractivity (Wildman–Crippen MR) is 162 cm³/mol. The van der Waals surface area contributed by atoms with E-state index in [0.29, 0.717) is 16.6 Å². The lowest BCUT2D eigenvalue weighted by Crippen LogP contribution is -2.47. The maximum atomic E-state index is 13.4. The average Bonchev–Trinajstić information content (AvgIpc) is 3.32. The molecule has 0 unspecified atom stereocenters. The van der Waals surface area contributed by atoms with Gasteiger partial charge in [-0.05, 0) is 56.6 Å². The summed E-state index contributed by atoms with van der Waals surface area (Å²) in [6, 6.07) is 11.8. The summed E-state index contributed by atoms with van der Waals surface area (Å²) in [5, 5.41) is 1.07. The minimum atomic E-state index is 0.0242. The number of benzene rings is 2. The van der Waals surface area contributed by atoms with E-state index in [4.69, 9.17) is 23.2 Å². The first-order valence-corrected chi connectivity index (χ1v) is 14.3. The molecular weight excluding hydrogens is 545 g/mol. The van der Waals surface area contributed by atoms with Crippen molar-refractivity contribution in [3.8, 4) is 0 Å². The Bertz CT molecular complexity index is 1490. The molecule has 1 aliphatic heterocycles. The Morgan fingerprint density at radius 2 is 1.70 bits per heavy atom. The van der Waals surface area contributed by atoms with Crippen LogP contribution >= 0.6 is 23.2 Å². The molecule has 1 aliphatic rings. The molecule has 3 heterocycles. The lowest BCUT2D eigenvalue weighted by Gasteiger charge is -2.36. The van der Waals surface area contributed by atoms with Crippen molar-refractivity contribution >= 4 is 46.1 Å². The molecule has 1 amide bonds. The second-order valence-electron chi connectivity index (χ2n) is 10.8. The van der Waals surface area contributed by atoms with Crippen molar-refractivity contribution in [3.05, 3.63) is 81.4 Å². The Morgan fingerprint density at radius 3 is 2.40 bits per heavy atom. The van der Waals surface area contributed by atoms with E-state index in [2.05, 4.69) is 30.8 Å². The first kappa shape index (κ1) is 28.3. The van der Waals surface area contributed by atoms with E-state index in [-0.39, 0.29) is 11.8 Å². The molecule has 0 spiro atoms. The van der Waals surface area contributed by atoms with E-state index < -0.39 is 0 Å². The monoisotopic (exact) mass is 579 g/mol. The standard InChI is InChI=1S/C30H35Cl2N7O/c1-20-13-21(2)15-24(14-20)30(40)36(3)17-23(22-5-6-25(31)26(32)16-22)7-8-38-9-11-39(12-10-38)29-27-28(33-18-34-29)37(4)19-35-27/h5-6,13-16,18-19,23H,7-12,17H2,1-4H3/t23-/m1/s1. The number of aryl methyl sites for hydroxylation is 3. The largest absolute Gasteiger partial charge is 0.352 e. The van der Waals surface area contributed by atoms with Crippen LogP contribution in [0.2, 0.25) is 10.0 Å². The smallest absolute Gasteiger partial charge is 0.253 e. The number of hydrogen-bond donors (Lipinski definition) is 0. The fraction of sp³-hybridized carbons (Fsp3) is 0.400. The van der Waals surface area contributed by atoms with Gasteiger partial charge in [0.1, 0.15) is 6.33 Å². The summed E-state index contributed by atoms with van der Waals surface area (Å²) in [6.45, 7) is 9.11. The summed E-state index contributed by atoms with van der Waals surface area (Å²) in [6.07, 6.45) is 4.29. The minimum Gasteiger partial charge on any atom is -0.352 e.